The van der Waals surface area contributed by atoms with E-state index in [0.717, 1.165) is 16.6 Å². The molecule has 1 heterocycles. The number of aromatic nitrogens is 2. The standard InChI is InChI=1S/C12H14N2O3/c1-3-17-7-11-9-5-4-8(12(15)16-2)6-10(9)13-14-11/h4-6H,3,7H2,1-2H3,(H,13,14). The van der Waals surface area contributed by atoms with Gasteiger partial charge in [0.25, 0.3) is 0 Å². The van der Waals surface area contributed by atoms with Crippen molar-refractivity contribution >= 4 is 16.9 Å². The van der Waals surface area contributed by atoms with Gasteiger partial charge in [-0.2, -0.15) is 5.10 Å². The number of carbonyl (C=O) groups is 1. The highest BCUT2D eigenvalue weighted by Gasteiger charge is 2.10. The number of methoxy groups -OCH3 is 1. The van der Waals surface area contributed by atoms with Crippen LogP contribution in [-0.2, 0) is 16.1 Å². The van der Waals surface area contributed by atoms with Gasteiger partial charge in [-0.3, -0.25) is 5.10 Å². The maximum absolute atomic E-state index is 11.4. The number of hydrogen-bond acceptors (Lipinski definition) is 4. The summed E-state index contributed by atoms with van der Waals surface area (Å²) in [4.78, 5) is 11.4. The van der Waals surface area contributed by atoms with Crippen LogP contribution in [0.1, 0.15) is 23.0 Å². The van der Waals surface area contributed by atoms with Crippen molar-refractivity contribution in [1.29, 1.82) is 0 Å². The molecule has 0 aliphatic rings. The number of rotatable bonds is 4. The molecule has 2 aromatic rings. The van der Waals surface area contributed by atoms with Crippen LogP contribution in [0.15, 0.2) is 18.2 Å². The van der Waals surface area contributed by atoms with Gasteiger partial charge in [-0.1, -0.05) is 0 Å². The van der Waals surface area contributed by atoms with E-state index in [0.29, 0.717) is 18.8 Å². The summed E-state index contributed by atoms with van der Waals surface area (Å²) in [5.41, 5.74) is 2.16. The summed E-state index contributed by atoms with van der Waals surface area (Å²) in [7, 11) is 1.36. The van der Waals surface area contributed by atoms with E-state index in [1.807, 2.05) is 13.0 Å². The molecule has 5 heteroatoms. The number of ether oxygens (including phenoxy) is 2. The van der Waals surface area contributed by atoms with Gasteiger partial charge in [0.05, 0.1) is 30.5 Å². The summed E-state index contributed by atoms with van der Waals surface area (Å²) >= 11 is 0. The van der Waals surface area contributed by atoms with Crippen molar-refractivity contribution in [3.05, 3.63) is 29.5 Å². The van der Waals surface area contributed by atoms with Crippen molar-refractivity contribution in [2.75, 3.05) is 13.7 Å². The van der Waals surface area contributed by atoms with Crippen LogP contribution in [0, 0.1) is 0 Å². The summed E-state index contributed by atoms with van der Waals surface area (Å²) in [5.74, 6) is -0.354. The zero-order chi connectivity index (χ0) is 12.3. The predicted octanol–water partition coefficient (Wildman–Crippen LogP) is 1.89. The molecule has 1 aromatic carbocycles. The average molecular weight is 234 g/mol. The molecule has 0 fully saturated rings. The zero-order valence-corrected chi connectivity index (χ0v) is 9.82. The maximum atomic E-state index is 11.4. The van der Waals surface area contributed by atoms with Gasteiger partial charge in [0.15, 0.2) is 0 Å². The molecule has 0 aliphatic heterocycles. The number of nitrogens with zero attached hydrogens (tertiary/aromatic N) is 1. The molecule has 0 bridgehead atoms. The Bertz CT molecular complexity index is 534. The molecule has 0 unspecified atom stereocenters. The largest absolute Gasteiger partial charge is 0.465 e. The smallest absolute Gasteiger partial charge is 0.337 e. The van der Waals surface area contributed by atoms with Crippen molar-refractivity contribution in [1.82, 2.24) is 10.2 Å². The van der Waals surface area contributed by atoms with Crippen LogP contribution in [0.4, 0.5) is 0 Å². The number of esters is 1. The predicted molar refractivity (Wildman–Crippen MR) is 62.8 cm³/mol. The first-order chi connectivity index (χ1) is 8.26. The third-order valence-electron chi connectivity index (χ3n) is 2.51. The van der Waals surface area contributed by atoms with Crippen LogP contribution in [0.5, 0.6) is 0 Å². The highest BCUT2D eigenvalue weighted by atomic mass is 16.5. The normalized spacial score (nSPS) is 10.7. The Kier molecular flexibility index (Phi) is 3.39. The molecule has 1 aromatic heterocycles. The summed E-state index contributed by atoms with van der Waals surface area (Å²) < 4.78 is 9.97. The fourth-order valence-corrected chi connectivity index (χ4v) is 1.63. The first-order valence-corrected chi connectivity index (χ1v) is 5.39. The minimum atomic E-state index is -0.354. The second kappa shape index (κ2) is 4.97. The van der Waals surface area contributed by atoms with Crippen LogP contribution in [0.3, 0.4) is 0 Å². The number of benzene rings is 1. The Morgan fingerprint density at radius 3 is 3.00 bits per heavy atom. The van der Waals surface area contributed by atoms with Crippen molar-refractivity contribution in [2.45, 2.75) is 13.5 Å². The van der Waals surface area contributed by atoms with Crippen molar-refractivity contribution in [3.8, 4) is 0 Å². The summed E-state index contributed by atoms with van der Waals surface area (Å²) in [6, 6.07) is 5.29. The fraction of sp³-hybridized carbons (Fsp3) is 0.333. The Balaban J connectivity index is 2.34. The lowest BCUT2D eigenvalue weighted by Crippen LogP contribution is -2.00. The van der Waals surface area contributed by atoms with Crippen molar-refractivity contribution < 1.29 is 14.3 Å². The van der Waals surface area contributed by atoms with Crippen LogP contribution >= 0.6 is 0 Å². The molecule has 0 radical (unpaired) electrons. The quantitative estimate of drug-likeness (QED) is 0.820. The number of carbonyl (C=O) groups excluding carboxylic acids is 1. The number of fused-ring (bicyclic) bond motifs is 1. The SMILES string of the molecule is CCOCc1n[nH]c2cc(C(=O)OC)ccc12. The van der Waals surface area contributed by atoms with Crippen LogP contribution in [0.25, 0.3) is 10.9 Å². The molecule has 0 spiro atoms. The Hall–Kier alpha value is -1.88. The minimum absolute atomic E-state index is 0.354. The van der Waals surface area contributed by atoms with Gasteiger partial charge in [0.1, 0.15) is 0 Å². The van der Waals surface area contributed by atoms with Gasteiger partial charge in [-0.05, 0) is 25.1 Å². The van der Waals surface area contributed by atoms with Gasteiger partial charge >= 0.3 is 5.97 Å². The molecule has 0 aliphatic carbocycles. The maximum Gasteiger partial charge on any atom is 0.337 e. The lowest BCUT2D eigenvalue weighted by atomic mass is 10.1. The van der Waals surface area contributed by atoms with Gasteiger partial charge < -0.3 is 9.47 Å². The minimum Gasteiger partial charge on any atom is -0.465 e. The Morgan fingerprint density at radius 1 is 1.47 bits per heavy atom. The molecule has 0 amide bonds. The molecular formula is C12H14N2O3. The first kappa shape index (κ1) is 11.6. The second-order valence-corrected chi connectivity index (χ2v) is 3.56. The summed E-state index contributed by atoms with van der Waals surface area (Å²) in [5, 5.41) is 8.00. The summed E-state index contributed by atoms with van der Waals surface area (Å²) in [6.45, 7) is 3.05. The van der Waals surface area contributed by atoms with E-state index in [4.69, 9.17) is 4.74 Å². The number of aromatic amines is 1. The van der Waals surface area contributed by atoms with E-state index < -0.39 is 0 Å². The monoisotopic (exact) mass is 234 g/mol. The van der Waals surface area contributed by atoms with Crippen molar-refractivity contribution in [2.24, 2.45) is 0 Å². The van der Waals surface area contributed by atoms with E-state index in [2.05, 4.69) is 14.9 Å². The second-order valence-electron chi connectivity index (χ2n) is 3.56. The van der Waals surface area contributed by atoms with Crippen LogP contribution < -0.4 is 0 Å². The van der Waals surface area contributed by atoms with E-state index in [1.165, 1.54) is 7.11 Å². The van der Waals surface area contributed by atoms with Gasteiger partial charge in [0.2, 0.25) is 0 Å². The lowest BCUT2D eigenvalue weighted by Gasteiger charge is -2.00. The van der Waals surface area contributed by atoms with E-state index in [1.54, 1.807) is 12.1 Å². The molecule has 5 nitrogen and oxygen atoms in total. The highest BCUT2D eigenvalue weighted by Crippen LogP contribution is 2.18. The number of hydrogen-bond donors (Lipinski definition) is 1. The number of nitrogens with one attached hydrogen (secondary N) is 1. The molecule has 17 heavy (non-hydrogen) atoms. The number of H-pyrrole nitrogens is 1. The molecule has 90 valence electrons. The van der Waals surface area contributed by atoms with E-state index in [-0.39, 0.29) is 5.97 Å². The van der Waals surface area contributed by atoms with E-state index >= 15 is 0 Å². The van der Waals surface area contributed by atoms with Gasteiger partial charge in [-0.25, -0.2) is 4.79 Å². The van der Waals surface area contributed by atoms with E-state index in [9.17, 15) is 4.79 Å². The Labute approximate surface area is 98.7 Å². The zero-order valence-electron chi connectivity index (χ0n) is 9.82. The van der Waals surface area contributed by atoms with Crippen molar-refractivity contribution in [3.63, 3.8) is 0 Å². The summed E-state index contributed by atoms with van der Waals surface area (Å²) in [6.07, 6.45) is 0. The molecule has 2 rings (SSSR count). The average Bonchev–Trinajstić information content (AvgIpc) is 2.77. The van der Waals surface area contributed by atoms with Gasteiger partial charge in [-0.15, -0.1) is 0 Å². The third kappa shape index (κ3) is 2.29. The fourth-order valence-electron chi connectivity index (χ4n) is 1.63. The molecular weight excluding hydrogens is 220 g/mol. The molecule has 1 N–H and O–H groups in total. The van der Waals surface area contributed by atoms with Crippen LogP contribution in [-0.4, -0.2) is 29.9 Å². The first-order valence-electron chi connectivity index (χ1n) is 5.39. The lowest BCUT2D eigenvalue weighted by molar-refractivity contribution is 0.0601. The highest BCUT2D eigenvalue weighted by molar-refractivity contribution is 5.94. The topological polar surface area (TPSA) is 64.2 Å². The molecule has 0 saturated carbocycles. The molecule has 0 saturated heterocycles. The molecule has 0 atom stereocenters. The van der Waals surface area contributed by atoms with Gasteiger partial charge in [0, 0.05) is 12.0 Å². The Morgan fingerprint density at radius 2 is 2.29 bits per heavy atom. The third-order valence-corrected chi connectivity index (χ3v) is 2.51. The van der Waals surface area contributed by atoms with Crippen LogP contribution in [0.2, 0.25) is 0 Å².